The Morgan fingerprint density at radius 1 is 0.240 bits per heavy atom. The predicted octanol–water partition coefficient (Wildman–Crippen LogP) is 24.5. The maximum Gasteiger partial charge on any atom is 0.416 e. The van der Waals surface area contributed by atoms with Gasteiger partial charge in [0, 0.05) is 87.7 Å². The molecular weight excluding hydrogens is 1230 g/mol. The number of nitrogens with zero attached hydrogens (tertiary/aromatic N) is 6. The van der Waals surface area contributed by atoms with Gasteiger partial charge in [-0.2, -0.15) is 13.2 Å². The molecule has 0 aliphatic rings. The first kappa shape index (κ1) is 57.2. The molecule has 20 rings (SSSR count). The minimum Gasteiger partial charge on any atom is -0.309 e. The third-order valence-electron chi connectivity index (χ3n) is 20.4. The van der Waals surface area contributed by atoms with Crippen molar-refractivity contribution in [3.05, 3.63) is 339 Å². The van der Waals surface area contributed by atoms with E-state index in [4.69, 9.17) is 9.97 Å². The van der Waals surface area contributed by atoms with Crippen LogP contribution < -0.4 is 0 Å². The quantitative estimate of drug-likeness (QED) is 0.135. The average Bonchev–Trinajstić information content (AvgIpc) is 1.54. The van der Waals surface area contributed by atoms with Gasteiger partial charge in [0.2, 0.25) is 0 Å². The molecular formula is C91H55F3N6. The Kier molecular flexibility index (Phi) is 12.7. The van der Waals surface area contributed by atoms with Gasteiger partial charge in [-0.1, -0.05) is 224 Å². The van der Waals surface area contributed by atoms with E-state index in [1.54, 1.807) is 0 Å². The van der Waals surface area contributed by atoms with E-state index in [2.05, 4.69) is 297 Å². The Bertz CT molecular complexity index is 6440. The van der Waals surface area contributed by atoms with E-state index in [0.29, 0.717) is 11.4 Å². The molecule has 0 N–H and O–H groups in total. The van der Waals surface area contributed by atoms with Crippen LogP contribution in [0.1, 0.15) is 5.56 Å². The summed E-state index contributed by atoms with van der Waals surface area (Å²) >= 11 is 0. The highest BCUT2D eigenvalue weighted by Crippen LogP contribution is 2.48. The topological polar surface area (TPSA) is 45.5 Å². The number of para-hydroxylation sites is 6. The molecule has 0 saturated carbocycles. The lowest BCUT2D eigenvalue weighted by molar-refractivity contribution is -0.137. The standard InChI is InChI=1S/C91H55F3N6/c92-91(93,94)61-50-47-57(48-51-61)56-43-45-59(46-44-56)88-75-52-49-58-21-7-8-26-66(58)89(75)96-90(95-88)60-53-64(99-78-37-15-11-29-73(78)86-69(33-19-41-82(86)99)67-31-17-39-80-84(67)71-27-9-13-35-76(71)97(80)62-22-3-1-4-23-62)55-65(54-60)100-79-38-16-12-30-74(79)87-70(34-20-42-83(87)100)68-32-18-40-81-85(68)72-28-10-14-36-77(72)98(81)63-24-5-2-6-25-63/h1-55H. The monoisotopic (exact) mass is 1290 g/mol. The number of alkyl halides is 3. The number of rotatable bonds is 9. The highest BCUT2D eigenvalue weighted by molar-refractivity contribution is 6.24. The molecule has 0 aliphatic carbocycles. The first-order valence-corrected chi connectivity index (χ1v) is 33.6. The van der Waals surface area contributed by atoms with Gasteiger partial charge in [0.15, 0.2) is 5.82 Å². The number of hydrogen-bond donors (Lipinski definition) is 0. The van der Waals surface area contributed by atoms with E-state index in [-0.39, 0.29) is 0 Å². The van der Waals surface area contributed by atoms with E-state index in [0.717, 1.165) is 167 Å². The molecule has 15 aromatic carbocycles. The molecule has 6 nitrogen and oxygen atoms in total. The lowest BCUT2D eigenvalue weighted by Gasteiger charge is -2.17. The van der Waals surface area contributed by atoms with Crippen LogP contribution in [0.4, 0.5) is 13.2 Å². The second-order valence-electron chi connectivity index (χ2n) is 25.8. The van der Waals surface area contributed by atoms with Crippen LogP contribution in [0.2, 0.25) is 0 Å². The highest BCUT2D eigenvalue weighted by Gasteiger charge is 2.31. The number of benzene rings is 15. The van der Waals surface area contributed by atoms with Gasteiger partial charge in [0.05, 0.1) is 60.9 Å². The fourth-order valence-corrected chi connectivity index (χ4v) is 16.1. The third kappa shape index (κ3) is 8.78. The Labute approximate surface area is 571 Å². The average molecular weight is 1290 g/mol. The Morgan fingerprint density at radius 2 is 0.590 bits per heavy atom. The normalized spacial score (nSPS) is 12.2. The van der Waals surface area contributed by atoms with Crippen molar-refractivity contribution < 1.29 is 13.2 Å². The fraction of sp³-hybridized carbons (Fsp3) is 0.0110. The lowest BCUT2D eigenvalue weighted by Crippen LogP contribution is -2.03. The van der Waals surface area contributed by atoms with E-state index >= 15 is 0 Å². The largest absolute Gasteiger partial charge is 0.416 e. The van der Waals surface area contributed by atoms with Crippen molar-refractivity contribution in [1.82, 2.24) is 28.2 Å². The molecule has 0 saturated heterocycles. The summed E-state index contributed by atoms with van der Waals surface area (Å²) in [5.74, 6) is 0.527. The molecule has 0 fully saturated rings. The molecule has 470 valence electrons. The van der Waals surface area contributed by atoms with Crippen molar-refractivity contribution in [1.29, 1.82) is 0 Å². The van der Waals surface area contributed by atoms with E-state index in [9.17, 15) is 13.2 Å². The van der Waals surface area contributed by atoms with E-state index in [1.807, 2.05) is 30.3 Å². The van der Waals surface area contributed by atoms with Crippen molar-refractivity contribution >= 4 is 109 Å². The molecule has 0 spiro atoms. The highest BCUT2D eigenvalue weighted by atomic mass is 19.4. The number of hydrogen-bond acceptors (Lipinski definition) is 2. The van der Waals surface area contributed by atoms with Gasteiger partial charge in [0.1, 0.15) is 0 Å². The van der Waals surface area contributed by atoms with Gasteiger partial charge in [-0.05, 0) is 148 Å². The molecule has 9 heteroatoms. The van der Waals surface area contributed by atoms with Gasteiger partial charge in [0.25, 0.3) is 0 Å². The summed E-state index contributed by atoms with van der Waals surface area (Å²) in [6.07, 6.45) is -4.44. The summed E-state index contributed by atoms with van der Waals surface area (Å²) in [6, 6.07) is 116. The Balaban J connectivity index is 0.855. The van der Waals surface area contributed by atoms with Gasteiger partial charge >= 0.3 is 6.18 Å². The molecule has 0 amide bonds. The Hall–Kier alpha value is -13.1. The zero-order valence-electron chi connectivity index (χ0n) is 53.6. The maximum atomic E-state index is 13.8. The summed E-state index contributed by atoms with van der Waals surface area (Å²) in [4.78, 5) is 11.4. The van der Waals surface area contributed by atoms with Crippen molar-refractivity contribution in [3.8, 4) is 78.8 Å². The van der Waals surface area contributed by atoms with Crippen LogP contribution in [-0.4, -0.2) is 28.2 Å². The molecule has 100 heavy (non-hydrogen) atoms. The van der Waals surface area contributed by atoms with Crippen LogP contribution in [0.3, 0.4) is 0 Å². The van der Waals surface area contributed by atoms with Crippen LogP contribution in [0, 0.1) is 0 Å². The zero-order chi connectivity index (χ0) is 66.3. The minimum absolute atomic E-state index is 0.527. The van der Waals surface area contributed by atoms with Crippen molar-refractivity contribution in [2.24, 2.45) is 0 Å². The molecule has 0 atom stereocenters. The molecule has 0 bridgehead atoms. The van der Waals surface area contributed by atoms with Gasteiger partial charge in [-0.15, -0.1) is 0 Å². The number of fused-ring (bicyclic) bond motifs is 15. The number of aromatic nitrogens is 6. The van der Waals surface area contributed by atoms with Crippen molar-refractivity contribution in [2.75, 3.05) is 0 Å². The second-order valence-corrected chi connectivity index (χ2v) is 25.8. The Morgan fingerprint density at radius 3 is 1.01 bits per heavy atom. The molecule has 5 aromatic heterocycles. The van der Waals surface area contributed by atoms with Crippen LogP contribution in [0.25, 0.3) is 188 Å². The summed E-state index contributed by atoms with van der Waals surface area (Å²) < 4.78 is 50.9. The van der Waals surface area contributed by atoms with Crippen LogP contribution >= 0.6 is 0 Å². The first-order chi connectivity index (χ1) is 49.3. The molecule has 20 aromatic rings. The van der Waals surface area contributed by atoms with E-state index < -0.39 is 11.7 Å². The van der Waals surface area contributed by atoms with Crippen LogP contribution in [0.5, 0.6) is 0 Å². The molecule has 0 aliphatic heterocycles. The lowest BCUT2D eigenvalue weighted by atomic mass is 9.95. The fourth-order valence-electron chi connectivity index (χ4n) is 16.1. The summed E-state index contributed by atoms with van der Waals surface area (Å²) in [5, 5.41) is 12.1. The van der Waals surface area contributed by atoms with Crippen LogP contribution in [0.15, 0.2) is 334 Å². The SMILES string of the molecule is FC(F)(F)c1ccc(-c2ccc(-c3nc(-c4cc(-n5c6ccccc6c6c(-c7cccc8c7c7ccccc7n8-c7ccccc7)cccc65)cc(-n5c6ccccc6c6c(-c7cccc8c7c7ccccc7n8-c7ccccc7)cccc65)c4)nc4c3ccc3ccccc34)cc2)cc1. The number of halogens is 3. The zero-order valence-corrected chi connectivity index (χ0v) is 53.6. The smallest absolute Gasteiger partial charge is 0.309 e. The first-order valence-electron chi connectivity index (χ1n) is 33.6. The summed E-state index contributed by atoms with van der Waals surface area (Å²) in [7, 11) is 0. The van der Waals surface area contributed by atoms with Crippen molar-refractivity contribution in [2.45, 2.75) is 6.18 Å². The van der Waals surface area contributed by atoms with Crippen LogP contribution in [-0.2, 0) is 6.18 Å². The maximum absolute atomic E-state index is 13.8. The minimum atomic E-state index is -4.44. The third-order valence-corrected chi connectivity index (χ3v) is 20.4. The van der Waals surface area contributed by atoms with Gasteiger partial charge < -0.3 is 18.3 Å². The second kappa shape index (κ2) is 22.2. The predicted molar refractivity (Wildman–Crippen MR) is 407 cm³/mol. The van der Waals surface area contributed by atoms with E-state index in [1.165, 1.54) is 33.7 Å². The van der Waals surface area contributed by atoms with Gasteiger partial charge in [-0.3, -0.25) is 0 Å². The molecule has 0 radical (unpaired) electrons. The summed E-state index contributed by atoms with van der Waals surface area (Å²) in [5.41, 5.74) is 21.2. The van der Waals surface area contributed by atoms with Gasteiger partial charge in [-0.25, -0.2) is 9.97 Å². The van der Waals surface area contributed by atoms with Crippen molar-refractivity contribution in [3.63, 3.8) is 0 Å². The summed E-state index contributed by atoms with van der Waals surface area (Å²) in [6.45, 7) is 0. The molecule has 0 unspecified atom stereocenters. The molecule has 5 heterocycles.